The SMILES string of the molecule is CCOC1CC(NCc2cn(CCCO)nn2)C1(C)C. The van der Waals surface area contributed by atoms with Crippen LogP contribution in [-0.2, 0) is 17.8 Å². The van der Waals surface area contributed by atoms with Gasteiger partial charge in [-0.3, -0.25) is 4.68 Å². The van der Waals surface area contributed by atoms with Crippen LogP contribution in [0.2, 0.25) is 0 Å². The summed E-state index contributed by atoms with van der Waals surface area (Å²) in [4.78, 5) is 0. The van der Waals surface area contributed by atoms with Crippen molar-refractivity contribution in [2.45, 2.75) is 58.8 Å². The van der Waals surface area contributed by atoms with Gasteiger partial charge < -0.3 is 15.2 Å². The van der Waals surface area contributed by atoms with Crippen molar-refractivity contribution in [1.29, 1.82) is 0 Å². The Labute approximate surface area is 120 Å². The zero-order chi connectivity index (χ0) is 14.6. The van der Waals surface area contributed by atoms with Crippen LogP contribution in [0.5, 0.6) is 0 Å². The van der Waals surface area contributed by atoms with Crippen molar-refractivity contribution in [3.8, 4) is 0 Å². The number of aryl methyl sites for hydroxylation is 1. The van der Waals surface area contributed by atoms with Gasteiger partial charge in [0.25, 0.3) is 0 Å². The number of aliphatic hydroxyl groups excluding tert-OH is 1. The van der Waals surface area contributed by atoms with Gasteiger partial charge in [-0.25, -0.2) is 0 Å². The van der Waals surface area contributed by atoms with Gasteiger partial charge in [0.1, 0.15) is 0 Å². The molecule has 1 aromatic heterocycles. The molecule has 2 unspecified atom stereocenters. The maximum absolute atomic E-state index is 8.79. The minimum atomic E-state index is 0.170. The molecule has 0 bridgehead atoms. The summed E-state index contributed by atoms with van der Waals surface area (Å²) < 4.78 is 7.51. The monoisotopic (exact) mass is 282 g/mol. The highest BCUT2D eigenvalue weighted by atomic mass is 16.5. The molecule has 0 saturated heterocycles. The third kappa shape index (κ3) is 3.37. The van der Waals surface area contributed by atoms with E-state index in [0.29, 0.717) is 25.1 Å². The van der Waals surface area contributed by atoms with E-state index in [1.54, 1.807) is 4.68 Å². The van der Waals surface area contributed by atoms with E-state index >= 15 is 0 Å². The third-order valence-corrected chi connectivity index (χ3v) is 4.21. The average Bonchev–Trinajstić information content (AvgIpc) is 2.87. The number of hydrogen-bond donors (Lipinski definition) is 2. The second-order valence-electron chi connectivity index (χ2n) is 5.98. The Morgan fingerprint density at radius 3 is 3.00 bits per heavy atom. The van der Waals surface area contributed by atoms with Crippen molar-refractivity contribution >= 4 is 0 Å². The summed E-state index contributed by atoms with van der Waals surface area (Å²) in [5.41, 5.74) is 1.11. The molecule has 1 heterocycles. The highest BCUT2D eigenvalue weighted by Gasteiger charge is 2.48. The zero-order valence-electron chi connectivity index (χ0n) is 12.7. The Morgan fingerprint density at radius 2 is 2.35 bits per heavy atom. The molecule has 1 fully saturated rings. The van der Waals surface area contributed by atoms with E-state index in [9.17, 15) is 0 Å². The molecule has 1 aromatic rings. The minimum absolute atomic E-state index is 0.170. The summed E-state index contributed by atoms with van der Waals surface area (Å²) in [5, 5.41) is 20.5. The average molecular weight is 282 g/mol. The first-order chi connectivity index (χ1) is 9.57. The van der Waals surface area contributed by atoms with Crippen molar-refractivity contribution in [2.24, 2.45) is 5.41 Å². The molecular weight excluding hydrogens is 256 g/mol. The highest BCUT2D eigenvalue weighted by molar-refractivity contribution is 5.04. The number of nitrogens with one attached hydrogen (secondary N) is 1. The van der Waals surface area contributed by atoms with E-state index in [0.717, 1.165) is 25.3 Å². The van der Waals surface area contributed by atoms with Crippen molar-refractivity contribution in [2.75, 3.05) is 13.2 Å². The molecule has 0 aliphatic heterocycles. The number of aromatic nitrogens is 3. The molecule has 6 heteroatoms. The molecule has 2 rings (SSSR count). The van der Waals surface area contributed by atoms with E-state index in [-0.39, 0.29) is 12.0 Å². The van der Waals surface area contributed by atoms with E-state index in [2.05, 4.69) is 29.5 Å². The summed E-state index contributed by atoms with van der Waals surface area (Å²) in [7, 11) is 0. The van der Waals surface area contributed by atoms with E-state index in [1.165, 1.54) is 0 Å². The maximum atomic E-state index is 8.79. The summed E-state index contributed by atoms with van der Waals surface area (Å²) in [6, 6.07) is 0.460. The first kappa shape index (κ1) is 15.4. The summed E-state index contributed by atoms with van der Waals surface area (Å²) in [6.45, 7) is 8.93. The van der Waals surface area contributed by atoms with E-state index in [4.69, 9.17) is 9.84 Å². The summed E-state index contributed by atoms with van der Waals surface area (Å²) in [5.74, 6) is 0. The van der Waals surface area contributed by atoms with Crippen LogP contribution in [0, 0.1) is 5.41 Å². The lowest BCUT2D eigenvalue weighted by atomic mass is 9.64. The standard InChI is InChI=1S/C14H26N4O2/c1-4-20-13-8-12(14(13,2)3)15-9-11-10-18(17-16-11)6-5-7-19/h10,12-13,15,19H,4-9H2,1-3H3. The number of nitrogens with zero attached hydrogens (tertiary/aromatic N) is 3. The Bertz CT molecular complexity index is 419. The second kappa shape index (κ2) is 6.65. The lowest BCUT2D eigenvalue weighted by Gasteiger charge is -2.51. The van der Waals surface area contributed by atoms with Crippen LogP contribution in [0.4, 0.5) is 0 Å². The number of aliphatic hydroxyl groups is 1. The molecule has 0 radical (unpaired) electrons. The minimum Gasteiger partial charge on any atom is -0.396 e. The molecule has 1 aliphatic rings. The van der Waals surface area contributed by atoms with Gasteiger partial charge in [0.15, 0.2) is 0 Å². The topological polar surface area (TPSA) is 72.2 Å². The third-order valence-electron chi connectivity index (χ3n) is 4.21. The van der Waals surface area contributed by atoms with Crippen LogP contribution in [0.25, 0.3) is 0 Å². The van der Waals surface area contributed by atoms with Gasteiger partial charge in [0.05, 0.1) is 11.8 Å². The zero-order valence-corrected chi connectivity index (χ0v) is 12.7. The lowest BCUT2D eigenvalue weighted by Crippen LogP contribution is -2.60. The molecule has 1 aliphatic carbocycles. The molecule has 0 amide bonds. The molecular formula is C14H26N4O2. The second-order valence-corrected chi connectivity index (χ2v) is 5.98. The van der Waals surface area contributed by atoms with E-state index < -0.39 is 0 Å². The molecule has 1 saturated carbocycles. The summed E-state index contributed by atoms with van der Waals surface area (Å²) >= 11 is 0. The predicted octanol–water partition coefficient (Wildman–Crippen LogP) is 0.954. The summed E-state index contributed by atoms with van der Waals surface area (Å²) in [6.07, 6.45) is 4.06. The molecule has 0 spiro atoms. The molecule has 2 atom stereocenters. The molecule has 2 N–H and O–H groups in total. The van der Waals surface area contributed by atoms with Crippen LogP contribution < -0.4 is 5.32 Å². The number of ether oxygens (including phenoxy) is 1. The first-order valence-corrected chi connectivity index (χ1v) is 7.42. The van der Waals surface area contributed by atoms with Crippen molar-refractivity contribution in [1.82, 2.24) is 20.3 Å². The molecule has 20 heavy (non-hydrogen) atoms. The fraction of sp³-hybridized carbons (Fsp3) is 0.857. The molecule has 0 aromatic carbocycles. The first-order valence-electron chi connectivity index (χ1n) is 7.42. The van der Waals surface area contributed by atoms with Gasteiger partial charge in [-0.05, 0) is 19.8 Å². The molecule has 6 nitrogen and oxygen atoms in total. The van der Waals surface area contributed by atoms with Gasteiger partial charge in [-0.15, -0.1) is 5.10 Å². The smallest absolute Gasteiger partial charge is 0.0964 e. The van der Waals surface area contributed by atoms with Gasteiger partial charge >= 0.3 is 0 Å². The van der Waals surface area contributed by atoms with Crippen LogP contribution in [0.1, 0.15) is 39.3 Å². The van der Waals surface area contributed by atoms with Crippen molar-refractivity contribution < 1.29 is 9.84 Å². The van der Waals surface area contributed by atoms with Crippen LogP contribution in [0.15, 0.2) is 6.20 Å². The molecule has 114 valence electrons. The number of rotatable bonds is 8. The quantitative estimate of drug-likeness (QED) is 0.743. The van der Waals surface area contributed by atoms with Crippen LogP contribution in [-0.4, -0.2) is 45.5 Å². The van der Waals surface area contributed by atoms with Gasteiger partial charge in [0, 0.05) is 44.0 Å². The Morgan fingerprint density at radius 1 is 1.55 bits per heavy atom. The Balaban J connectivity index is 1.77. The normalized spacial score (nSPS) is 24.6. The van der Waals surface area contributed by atoms with Crippen LogP contribution in [0.3, 0.4) is 0 Å². The predicted molar refractivity (Wildman–Crippen MR) is 76.2 cm³/mol. The Kier molecular flexibility index (Phi) is 5.12. The van der Waals surface area contributed by atoms with Crippen molar-refractivity contribution in [3.05, 3.63) is 11.9 Å². The van der Waals surface area contributed by atoms with E-state index in [1.807, 2.05) is 13.1 Å². The van der Waals surface area contributed by atoms with Gasteiger partial charge in [-0.1, -0.05) is 19.1 Å². The fourth-order valence-corrected chi connectivity index (χ4v) is 2.71. The Hall–Kier alpha value is -0.980. The van der Waals surface area contributed by atoms with Gasteiger partial charge in [-0.2, -0.15) is 0 Å². The largest absolute Gasteiger partial charge is 0.396 e. The number of hydrogen-bond acceptors (Lipinski definition) is 5. The van der Waals surface area contributed by atoms with Crippen molar-refractivity contribution in [3.63, 3.8) is 0 Å². The lowest BCUT2D eigenvalue weighted by molar-refractivity contribution is -0.114. The van der Waals surface area contributed by atoms with Crippen LogP contribution >= 0.6 is 0 Å². The fourth-order valence-electron chi connectivity index (χ4n) is 2.71. The maximum Gasteiger partial charge on any atom is 0.0964 e. The van der Waals surface area contributed by atoms with Gasteiger partial charge in [0.2, 0.25) is 0 Å². The highest BCUT2D eigenvalue weighted by Crippen LogP contribution is 2.42.